The first kappa shape index (κ1) is 15.0. The molecule has 0 aromatic heterocycles. The average Bonchev–Trinajstić information content (AvgIpc) is 2.85. The molecule has 0 aliphatic carbocycles. The van der Waals surface area contributed by atoms with E-state index in [0.717, 1.165) is 10.8 Å². The third-order valence-electron chi connectivity index (χ3n) is 3.89. The van der Waals surface area contributed by atoms with Crippen molar-refractivity contribution in [2.75, 3.05) is 0 Å². The van der Waals surface area contributed by atoms with E-state index in [-0.39, 0.29) is 18.6 Å². The minimum Gasteiger partial charge on any atom is -0.508 e. The van der Waals surface area contributed by atoms with E-state index in [9.17, 15) is 19.5 Å². The highest BCUT2D eigenvalue weighted by atomic mass is 16.7. The molecule has 23 heavy (non-hydrogen) atoms. The van der Waals surface area contributed by atoms with E-state index in [4.69, 9.17) is 4.84 Å². The Morgan fingerprint density at radius 2 is 1.70 bits per heavy atom. The minimum atomic E-state index is -0.660. The summed E-state index contributed by atoms with van der Waals surface area (Å²) >= 11 is 0. The fourth-order valence-electron chi connectivity index (χ4n) is 2.48. The quantitative estimate of drug-likeness (QED) is 0.879. The summed E-state index contributed by atoms with van der Waals surface area (Å²) in [6, 6.07) is 10.3. The highest BCUT2D eigenvalue weighted by Crippen LogP contribution is 2.26. The Bertz CT molecular complexity index is 798. The maximum absolute atomic E-state index is 12.2. The van der Waals surface area contributed by atoms with E-state index in [1.54, 1.807) is 37.3 Å². The van der Waals surface area contributed by atoms with Crippen LogP contribution < -0.4 is 0 Å². The van der Waals surface area contributed by atoms with Gasteiger partial charge in [-0.2, -0.15) is 0 Å². The maximum atomic E-state index is 12.2. The van der Waals surface area contributed by atoms with Crippen LogP contribution in [-0.4, -0.2) is 28.0 Å². The number of nitrogens with zero attached hydrogens (tertiary/aromatic N) is 1. The Balaban J connectivity index is 1.80. The van der Waals surface area contributed by atoms with Gasteiger partial charge in [-0.1, -0.05) is 24.3 Å². The predicted molar refractivity (Wildman–Crippen MR) is 81.2 cm³/mol. The number of amides is 2. The van der Waals surface area contributed by atoms with Crippen LogP contribution in [0.15, 0.2) is 36.4 Å². The molecular formula is C17H15NO5. The predicted octanol–water partition coefficient (Wildman–Crippen LogP) is 2.26. The van der Waals surface area contributed by atoms with Crippen molar-refractivity contribution in [3.05, 3.63) is 42.0 Å². The number of hydrogen-bond acceptors (Lipinski definition) is 5. The molecule has 1 aliphatic rings. The Morgan fingerprint density at radius 3 is 2.39 bits per heavy atom. The lowest BCUT2D eigenvalue weighted by molar-refractivity contribution is -0.198. The summed E-state index contributed by atoms with van der Waals surface area (Å²) in [4.78, 5) is 40.1. The largest absolute Gasteiger partial charge is 0.508 e. The second kappa shape index (κ2) is 5.72. The topological polar surface area (TPSA) is 83.9 Å². The van der Waals surface area contributed by atoms with Crippen LogP contribution in [0.1, 0.15) is 31.2 Å². The van der Waals surface area contributed by atoms with E-state index in [1.807, 2.05) is 6.07 Å². The molecule has 1 N–H and O–H groups in total. The van der Waals surface area contributed by atoms with Crippen LogP contribution in [0.5, 0.6) is 5.75 Å². The van der Waals surface area contributed by atoms with Crippen molar-refractivity contribution in [1.82, 2.24) is 5.06 Å². The molecule has 0 unspecified atom stereocenters. The minimum absolute atomic E-state index is 0.0694. The van der Waals surface area contributed by atoms with Crippen molar-refractivity contribution >= 4 is 28.6 Å². The first-order valence-corrected chi connectivity index (χ1v) is 7.26. The number of imide groups is 1. The highest BCUT2D eigenvalue weighted by molar-refractivity contribution is 6.01. The number of carbonyl (C=O) groups is 3. The van der Waals surface area contributed by atoms with Gasteiger partial charge in [0.2, 0.25) is 0 Å². The van der Waals surface area contributed by atoms with Crippen molar-refractivity contribution in [2.45, 2.75) is 25.7 Å². The van der Waals surface area contributed by atoms with Crippen LogP contribution in [0.2, 0.25) is 0 Å². The molecule has 1 heterocycles. The van der Waals surface area contributed by atoms with E-state index in [2.05, 4.69) is 0 Å². The van der Waals surface area contributed by atoms with Crippen LogP contribution in [0, 0.1) is 0 Å². The van der Waals surface area contributed by atoms with Crippen molar-refractivity contribution in [2.24, 2.45) is 0 Å². The van der Waals surface area contributed by atoms with Gasteiger partial charge in [-0.15, -0.1) is 5.06 Å². The first-order valence-electron chi connectivity index (χ1n) is 7.26. The normalized spacial score (nSPS) is 16.0. The van der Waals surface area contributed by atoms with Crippen LogP contribution >= 0.6 is 0 Å². The summed E-state index contributed by atoms with van der Waals surface area (Å²) in [5.41, 5.74) is 0.701. The second-order valence-electron chi connectivity index (χ2n) is 5.50. The number of hydrogen-bond donors (Lipinski definition) is 1. The number of hydroxylamine groups is 2. The van der Waals surface area contributed by atoms with Crippen LogP contribution in [0.25, 0.3) is 10.8 Å². The lowest BCUT2D eigenvalue weighted by atomic mass is 9.98. The smallest absolute Gasteiger partial charge is 0.340 e. The standard InChI is InChI=1S/C17H15NO5/c1-10(17(22)23-18-15(20)6-7-16(18)21)11-2-3-13-9-14(19)5-4-12(13)8-11/h2-5,8-10,19H,6-7H2,1H3/t10-/m0/s1. The molecule has 1 atom stereocenters. The van der Waals surface area contributed by atoms with Gasteiger partial charge in [0.15, 0.2) is 0 Å². The van der Waals surface area contributed by atoms with Crippen molar-refractivity contribution in [3.8, 4) is 5.75 Å². The molecule has 1 aliphatic heterocycles. The number of phenolic OH excluding ortho intramolecular Hbond substituents is 1. The summed E-state index contributed by atoms with van der Waals surface area (Å²) in [5.74, 6) is -2.11. The summed E-state index contributed by atoms with van der Waals surface area (Å²) in [6.45, 7) is 1.65. The lowest BCUT2D eigenvalue weighted by Gasteiger charge is -2.16. The van der Waals surface area contributed by atoms with Crippen LogP contribution in [0.4, 0.5) is 0 Å². The Hall–Kier alpha value is -2.89. The molecule has 2 aromatic carbocycles. The molecule has 1 fully saturated rings. The molecule has 6 heteroatoms. The molecule has 0 bridgehead atoms. The van der Waals surface area contributed by atoms with E-state index in [0.29, 0.717) is 10.6 Å². The zero-order valence-electron chi connectivity index (χ0n) is 12.5. The molecular weight excluding hydrogens is 298 g/mol. The van der Waals surface area contributed by atoms with Crippen molar-refractivity contribution in [1.29, 1.82) is 0 Å². The number of carbonyl (C=O) groups excluding carboxylic acids is 3. The monoisotopic (exact) mass is 313 g/mol. The summed E-state index contributed by atoms with van der Waals surface area (Å²) in [7, 11) is 0. The summed E-state index contributed by atoms with van der Waals surface area (Å²) in [5, 5.41) is 11.7. The molecule has 6 nitrogen and oxygen atoms in total. The average molecular weight is 313 g/mol. The molecule has 118 valence electrons. The zero-order valence-corrected chi connectivity index (χ0v) is 12.5. The summed E-state index contributed by atoms with van der Waals surface area (Å²) < 4.78 is 0. The molecule has 1 saturated heterocycles. The van der Waals surface area contributed by atoms with Crippen LogP contribution in [-0.2, 0) is 19.2 Å². The molecule has 0 saturated carbocycles. The van der Waals surface area contributed by atoms with Gasteiger partial charge in [-0.3, -0.25) is 9.59 Å². The molecule has 3 rings (SSSR count). The van der Waals surface area contributed by atoms with Crippen molar-refractivity contribution in [3.63, 3.8) is 0 Å². The number of benzene rings is 2. The maximum Gasteiger partial charge on any atom is 0.340 e. The molecule has 2 aromatic rings. The van der Waals surface area contributed by atoms with Crippen molar-refractivity contribution < 1.29 is 24.3 Å². The van der Waals surface area contributed by atoms with Gasteiger partial charge in [0, 0.05) is 12.8 Å². The molecule has 0 spiro atoms. The van der Waals surface area contributed by atoms with E-state index >= 15 is 0 Å². The zero-order chi connectivity index (χ0) is 16.6. The SMILES string of the molecule is C[C@H](C(=O)ON1C(=O)CCC1=O)c1ccc2cc(O)ccc2c1. The van der Waals surface area contributed by atoms with Gasteiger partial charge in [0.05, 0.1) is 5.92 Å². The third-order valence-corrected chi connectivity index (χ3v) is 3.89. The molecule has 2 amide bonds. The Kier molecular flexibility index (Phi) is 3.73. The Labute approximate surface area is 132 Å². The van der Waals surface area contributed by atoms with E-state index in [1.165, 1.54) is 0 Å². The highest BCUT2D eigenvalue weighted by Gasteiger charge is 2.34. The number of rotatable bonds is 3. The number of aromatic hydroxyl groups is 1. The van der Waals surface area contributed by atoms with Gasteiger partial charge >= 0.3 is 5.97 Å². The fourth-order valence-corrected chi connectivity index (χ4v) is 2.48. The second-order valence-corrected chi connectivity index (χ2v) is 5.50. The van der Waals surface area contributed by atoms with Gasteiger partial charge in [-0.25, -0.2) is 4.79 Å². The first-order chi connectivity index (χ1) is 11.0. The lowest BCUT2D eigenvalue weighted by Crippen LogP contribution is -2.33. The number of fused-ring (bicyclic) bond motifs is 1. The van der Waals surface area contributed by atoms with Crippen LogP contribution in [0.3, 0.4) is 0 Å². The van der Waals surface area contributed by atoms with Gasteiger partial charge in [0.25, 0.3) is 11.8 Å². The van der Waals surface area contributed by atoms with Gasteiger partial charge < -0.3 is 9.94 Å². The number of phenols is 1. The van der Waals surface area contributed by atoms with E-state index < -0.39 is 23.7 Å². The third kappa shape index (κ3) is 2.88. The fraction of sp³-hybridized carbons (Fsp3) is 0.235. The van der Waals surface area contributed by atoms with Gasteiger partial charge in [0.1, 0.15) is 5.75 Å². The Morgan fingerprint density at radius 1 is 1.09 bits per heavy atom. The van der Waals surface area contributed by atoms with Gasteiger partial charge in [-0.05, 0) is 35.4 Å². The summed E-state index contributed by atoms with van der Waals surface area (Å²) in [6.07, 6.45) is 0.139. The molecule has 0 radical (unpaired) electrons.